The molecule has 0 aromatic heterocycles. The second kappa shape index (κ2) is 7.85. The topological polar surface area (TPSA) is 58.2 Å². The highest BCUT2D eigenvalue weighted by atomic mass is 35.5. The molecule has 0 aliphatic rings. The van der Waals surface area contributed by atoms with Crippen LogP contribution < -0.4 is 10.6 Å². The molecular formula is C14H18ClFN2O2. The fourth-order valence-electron chi connectivity index (χ4n) is 1.49. The number of benzene rings is 1. The highest BCUT2D eigenvalue weighted by Gasteiger charge is 2.12. The summed E-state index contributed by atoms with van der Waals surface area (Å²) in [6, 6.07) is 3.76. The SMILES string of the molecule is CC(C)CCNC(=O)CNC(=O)c1ccc(Cl)cc1F. The van der Waals surface area contributed by atoms with Gasteiger partial charge >= 0.3 is 0 Å². The molecule has 4 nitrogen and oxygen atoms in total. The van der Waals surface area contributed by atoms with Crippen molar-refractivity contribution >= 4 is 23.4 Å². The lowest BCUT2D eigenvalue weighted by molar-refractivity contribution is -0.120. The summed E-state index contributed by atoms with van der Waals surface area (Å²) >= 11 is 5.60. The summed E-state index contributed by atoms with van der Waals surface area (Å²) in [5.74, 6) is -1.16. The molecule has 1 aromatic rings. The molecule has 0 bridgehead atoms. The summed E-state index contributed by atoms with van der Waals surface area (Å²) in [5.41, 5.74) is -0.135. The van der Waals surface area contributed by atoms with Crippen LogP contribution in [0.2, 0.25) is 5.02 Å². The molecule has 0 saturated carbocycles. The number of rotatable bonds is 6. The summed E-state index contributed by atoms with van der Waals surface area (Å²) < 4.78 is 13.5. The van der Waals surface area contributed by atoms with Gasteiger partial charge < -0.3 is 10.6 Å². The van der Waals surface area contributed by atoms with E-state index in [1.54, 1.807) is 0 Å². The zero-order valence-electron chi connectivity index (χ0n) is 11.5. The van der Waals surface area contributed by atoms with E-state index in [1.165, 1.54) is 12.1 Å². The largest absolute Gasteiger partial charge is 0.355 e. The fourth-order valence-corrected chi connectivity index (χ4v) is 1.65. The third-order valence-electron chi connectivity index (χ3n) is 2.63. The van der Waals surface area contributed by atoms with Gasteiger partial charge in [-0.1, -0.05) is 25.4 Å². The maximum Gasteiger partial charge on any atom is 0.254 e. The molecule has 6 heteroatoms. The lowest BCUT2D eigenvalue weighted by atomic mass is 10.1. The molecule has 2 amide bonds. The van der Waals surface area contributed by atoms with E-state index in [9.17, 15) is 14.0 Å². The molecule has 0 unspecified atom stereocenters. The number of carbonyl (C=O) groups excluding carboxylic acids is 2. The Balaban J connectivity index is 2.41. The molecule has 1 rings (SSSR count). The molecule has 2 N–H and O–H groups in total. The van der Waals surface area contributed by atoms with Crippen molar-refractivity contribution in [3.8, 4) is 0 Å². The molecular weight excluding hydrogens is 283 g/mol. The van der Waals surface area contributed by atoms with Crippen LogP contribution >= 0.6 is 11.6 Å². The molecule has 1 aromatic carbocycles. The number of halogens is 2. The van der Waals surface area contributed by atoms with Gasteiger partial charge in [0.05, 0.1) is 12.1 Å². The predicted molar refractivity (Wildman–Crippen MR) is 76.2 cm³/mol. The first-order valence-electron chi connectivity index (χ1n) is 6.40. The first-order valence-corrected chi connectivity index (χ1v) is 6.78. The van der Waals surface area contributed by atoms with Crippen LogP contribution in [0.15, 0.2) is 18.2 Å². The Kier molecular flexibility index (Phi) is 6.45. The Hall–Kier alpha value is -1.62. The standard InChI is InChI=1S/C14H18ClFN2O2/c1-9(2)5-6-17-13(19)8-18-14(20)11-4-3-10(15)7-12(11)16/h3-4,7,9H,5-6,8H2,1-2H3,(H,17,19)(H,18,20). The van der Waals surface area contributed by atoms with E-state index in [-0.39, 0.29) is 23.0 Å². The average Bonchev–Trinajstić information content (AvgIpc) is 2.35. The van der Waals surface area contributed by atoms with Crippen LogP contribution in [0.3, 0.4) is 0 Å². The van der Waals surface area contributed by atoms with E-state index in [0.29, 0.717) is 12.5 Å². The number of carbonyl (C=O) groups is 2. The maximum absolute atomic E-state index is 13.5. The van der Waals surface area contributed by atoms with Crippen LogP contribution in [0, 0.1) is 11.7 Å². The van der Waals surface area contributed by atoms with Crippen molar-refractivity contribution in [1.82, 2.24) is 10.6 Å². The van der Waals surface area contributed by atoms with Crippen LogP contribution in [0.4, 0.5) is 4.39 Å². The summed E-state index contributed by atoms with van der Waals surface area (Å²) in [7, 11) is 0. The molecule has 0 saturated heterocycles. The van der Waals surface area contributed by atoms with E-state index in [1.807, 2.05) is 0 Å². The normalized spacial score (nSPS) is 10.4. The quantitative estimate of drug-likeness (QED) is 0.847. The fraction of sp³-hybridized carbons (Fsp3) is 0.429. The summed E-state index contributed by atoms with van der Waals surface area (Å²) in [4.78, 5) is 23.1. The van der Waals surface area contributed by atoms with E-state index >= 15 is 0 Å². The molecule has 0 spiro atoms. The van der Waals surface area contributed by atoms with E-state index in [4.69, 9.17) is 11.6 Å². The van der Waals surface area contributed by atoms with Crippen molar-refractivity contribution < 1.29 is 14.0 Å². The monoisotopic (exact) mass is 300 g/mol. The van der Waals surface area contributed by atoms with Gasteiger partial charge in [-0.25, -0.2) is 4.39 Å². The highest BCUT2D eigenvalue weighted by molar-refractivity contribution is 6.30. The summed E-state index contributed by atoms with van der Waals surface area (Å²) in [6.07, 6.45) is 0.867. The molecule has 0 aliphatic heterocycles. The van der Waals surface area contributed by atoms with Crippen molar-refractivity contribution in [2.24, 2.45) is 5.92 Å². The van der Waals surface area contributed by atoms with Gasteiger partial charge in [0.1, 0.15) is 5.82 Å². The van der Waals surface area contributed by atoms with Gasteiger partial charge in [-0.3, -0.25) is 9.59 Å². The van der Waals surface area contributed by atoms with Gasteiger partial charge in [0.15, 0.2) is 0 Å². The van der Waals surface area contributed by atoms with Crippen LogP contribution in [-0.2, 0) is 4.79 Å². The minimum Gasteiger partial charge on any atom is -0.355 e. The van der Waals surface area contributed by atoms with Crippen molar-refractivity contribution in [2.45, 2.75) is 20.3 Å². The first-order chi connectivity index (χ1) is 9.40. The zero-order chi connectivity index (χ0) is 15.1. The maximum atomic E-state index is 13.5. The number of hydrogen-bond acceptors (Lipinski definition) is 2. The molecule has 0 aliphatic carbocycles. The number of hydrogen-bond donors (Lipinski definition) is 2. The van der Waals surface area contributed by atoms with Crippen LogP contribution in [0.25, 0.3) is 0 Å². The molecule has 0 fully saturated rings. The predicted octanol–water partition coefficient (Wildman–Crippen LogP) is 2.37. The Morgan fingerprint density at radius 3 is 2.60 bits per heavy atom. The molecule has 110 valence electrons. The van der Waals surface area contributed by atoms with E-state index in [0.717, 1.165) is 12.5 Å². The third-order valence-corrected chi connectivity index (χ3v) is 2.86. The second-order valence-electron chi connectivity index (χ2n) is 4.84. The first kappa shape index (κ1) is 16.4. The third kappa shape index (κ3) is 5.57. The number of nitrogens with one attached hydrogen (secondary N) is 2. The van der Waals surface area contributed by atoms with Gasteiger partial charge in [0, 0.05) is 11.6 Å². The Morgan fingerprint density at radius 2 is 2.00 bits per heavy atom. The lowest BCUT2D eigenvalue weighted by Crippen LogP contribution is -2.37. The van der Waals surface area contributed by atoms with Gasteiger partial charge in [-0.15, -0.1) is 0 Å². The molecule has 0 heterocycles. The van der Waals surface area contributed by atoms with Gasteiger partial charge in [-0.05, 0) is 30.5 Å². The second-order valence-corrected chi connectivity index (χ2v) is 5.28. The minimum atomic E-state index is -0.713. The van der Waals surface area contributed by atoms with Gasteiger partial charge in [0.2, 0.25) is 5.91 Å². The molecule has 20 heavy (non-hydrogen) atoms. The summed E-state index contributed by atoms with van der Waals surface area (Å²) in [5, 5.41) is 5.25. The van der Waals surface area contributed by atoms with Crippen molar-refractivity contribution in [3.05, 3.63) is 34.6 Å². The smallest absolute Gasteiger partial charge is 0.254 e. The minimum absolute atomic E-state index is 0.135. The van der Waals surface area contributed by atoms with E-state index < -0.39 is 11.7 Å². The number of amides is 2. The molecule has 0 atom stereocenters. The Morgan fingerprint density at radius 1 is 1.30 bits per heavy atom. The van der Waals surface area contributed by atoms with Crippen LogP contribution in [0.5, 0.6) is 0 Å². The Labute approximate surface area is 122 Å². The van der Waals surface area contributed by atoms with Gasteiger partial charge in [-0.2, -0.15) is 0 Å². The molecule has 0 radical (unpaired) electrons. The Bertz CT molecular complexity index is 492. The van der Waals surface area contributed by atoms with Gasteiger partial charge in [0.25, 0.3) is 5.91 Å². The zero-order valence-corrected chi connectivity index (χ0v) is 12.3. The van der Waals surface area contributed by atoms with Crippen LogP contribution in [0.1, 0.15) is 30.6 Å². The van der Waals surface area contributed by atoms with Crippen molar-refractivity contribution in [2.75, 3.05) is 13.1 Å². The van der Waals surface area contributed by atoms with Crippen molar-refractivity contribution in [1.29, 1.82) is 0 Å². The average molecular weight is 301 g/mol. The van der Waals surface area contributed by atoms with E-state index in [2.05, 4.69) is 24.5 Å². The lowest BCUT2D eigenvalue weighted by Gasteiger charge is -2.08. The van der Waals surface area contributed by atoms with Crippen molar-refractivity contribution in [3.63, 3.8) is 0 Å². The highest BCUT2D eigenvalue weighted by Crippen LogP contribution is 2.14. The van der Waals surface area contributed by atoms with Crippen LogP contribution in [-0.4, -0.2) is 24.9 Å². The summed E-state index contributed by atoms with van der Waals surface area (Å²) in [6.45, 7) is 4.48.